The van der Waals surface area contributed by atoms with E-state index in [1.165, 1.54) is 0 Å². The Bertz CT molecular complexity index is 385. The van der Waals surface area contributed by atoms with Crippen LogP contribution >= 0.6 is 7.60 Å². The van der Waals surface area contributed by atoms with E-state index in [2.05, 4.69) is 31.2 Å². The summed E-state index contributed by atoms with van der Waals surface area (Å²) >= 11 is 0. The van der Waals surface area contributed by atoms with Gasteiger partial charge in [0.15, 0.2) is 0 Å². The Hall–Kier alpha value is -0.370. The van der Waals surface area contributed by atoms with E-state index < -0.39 is 7.60 Å². The third-order valence-corrected chi connectivity index (χ3v) is 6.50. The van der Waals surface area contributed by atoms with Gasteiger partial charge in [0.05, 0.1) is 19.4 Å². The van der Waals surface area contributed by atoms with Crippen LogP contribution in [-0.4, -0.2) is 19.4 Å². The molecular weight excluding hydrogens is 295 g/mol. The second kappa shape index (κ2) is 9.70. The largest absolute Gasteiger partial charge is 0.330 e. The minimum Gasteiger partial charge on any atom is -0.308 e. The van der Waals surface area contributed by atoms with E-state index >= 15 is 0 Å². The first-order valence-electron chi connectivity index (χ1n) is 8.90. The molecule has 0 heterocycles. The fourth-order valence-electron chi connectivity index (χ4n) is 2.97. The predicted molar refractivity (Wildman–Crippen MR) is 92.2 cm³/mol. The van der Waals surface area contributed by atoms with Gasteiger partial charge in [0.1, 0.15) is 0 Å². The zero-order valence-electron chi connectivity index (χ0n) is 13.9. The van der Waals surface area contributed by atoms with Crippen molar-refractivity contribution in [3.63, 3.8) is 0 Å². The summed E-state index contributed by atoms with van der Waals surface area (Å²) in [6.07, 6.45) is 18.0. The van der Waals surface area contributed by atoms with Crippen molar-refractivity contribution in [2.75, 3.05) is 19.4 Å². The monoisotopic (exact) mass is 326 g/mol. The van der Waals surface area contributed by atoms with Crippen LogP contribution in [0.3, 0.4) is 0 Å². The van der Waals surface area contributed by atoms with E-state index in [0.717, 1.165) is 51.4 Å². The zero-order chi connectivity index (χ0) is 15.7. The van der Waals surface area contributed by atoms with E-state index in [-0.39, 0.29) is 0 Å². The summed E-state index contributed by atoms with van der Waals surface area (Å²) < 4.78 is 24.7. The fourth-order valence-corrected chi connectivity index (χ4v) is 4.88. The van der Waals surface area contributed by atoms with Crippen molar-refractivity contribution in [3.05, 3.63) is 24.3 Å². The molecule has 2 aliphatic carbocycles. The predicted octanol–water partition coefficient (Wildman–Crippen LogP) is 5.73. The summed E-state index contributed by atoms with van der Waals surface area (Å²) in [5, 5.41) is 0. The SMILES string of the molecule is CCCCP(=O)(OCC1CC=CCC1)OCC1CC=CCC1. The molecule has 0 saturated carbocycles. The zero-order valence-corrected chi connectivity index (χ0v) is 14.8. The molecule has 2 atom stereocenters. The quantitative estimate of drug-likeness (QED) is 0.401. The molecular formula is C18H31O3P. The number of unbranched alkanes of at least 4 members (excludes halogenated alkanes) is 1. The highest BCUT2D eigenvalue weighted by Gasteiger charge is 2.27. The number of rotatable bonds is 9. The highest BCUT2D eigenvalue weighted by Crippen LogP contribution is 2.50. The normalized spacial score (nSPS) is 27.7. The van der Waals surface area contributed by atoms with Crippen molar-refractivity contribution < 1.29 is 13.6 Å². The lowest BCUT2D eigenvalue weighted by atomic mass is 9.96. The van der Waals surface area contributed by atoms with Gasteiger partial charge in [-0.3, -0.25) is 4.57 Å². The summed E-state index contributed by atoms with van der Waals surface area (Å²) in [6.45, 7) is 3.27. The molecule has 2 unspecified atom stereocenters. The van der Waals surface area contributed by atoms with Gasteiger partial charge in [0.25, 0.3) is 0 Å². The van der Waals surface area contributed by atoms with Gasteiger partial charge in [-0.25, -0.2) is 0 Å². The molecule has 126 valence electrons. The number of allylic oxidation sites excluding steroid dienone is 4. The minimum absolute atomic E-state index is 0.501. The van der Waals surface area contributed by atoms with Crippen LogP contribution in [0.25, 0.3) is 0 Å². The van der Waals surface area contributed by atoms with Gasteiger partial charge in [0, 0.05) is 0 Å². The number of hydrogen-bond acceptors (Lipinski definition) is 3. The molecule has 2 aliphatic rings. The van der Waals surface area contributed by atoms with E-state index in [9.17, 15) is 4.57 Å². The summed E-state index contributed by atoms with van der Waals surface area (Å²) in [5.74, 6) is 1.00. The summed E-state index contributed by atoms with van der Waals surface area (Å²) in [4.78, 5) is 0. The molecule has 0 aliphatic heterocycles. The molecule has 22 heavy (non-hydrogen) atoms. The molecule has 0 amide bonds. The van der Waals surface area contributed by atoms with Crippen LogP contribution in [0.2, 0.25) is 0 Å². The van der Waals surface area contributed by atoms with Crippen molar-refractivity contribution in [2.45, 2.75) is 58.3 Å². The maximum absolute atomic E-state index is 13.0. The molecule has 4 heteroatoms. The molecule has 0 N–H and O–H groups in total. The van der Waals surface area contributed by atoms with Gasteiger partial charge in [-0.05, 0) is 56.8 Å². The first-order chi connectivity index (χ1) is 10.7. The highest BCUT2D eigenvalue weighted by molar-refractivity contribution is 7.53. The number of hydrogen-bond donors (Lipinski definition) is 0. The molecule has 0 aromatic carbocycles. The Kier molecular flexibility index (Phi) is 7.92. The molecule has 0 saturated heterocycles. The smallest absolute Gasteiger partial charge is 0.308 e. The summed E-state index contributed by atoms with van der Waals surface area (Å²) in [6, 6.07) is 0. The van der Waals surface area contributed by atoms with Crippen LogP contribution in [-0.2, 0) is 13.6 Å². The molecule has 0 aromatic rings. The topological polar surface area (TPSA) is 35.5 Å². The van der Waals surface area contributed by atoms with Crippen LogP contribution in [0.5, 0.6) is 0 Å². The van der Waals surface area contributed by atoms with E-state index in [1.807, 2.05) is 0 Å². The second-order valence-electron chi connectivity index (χ2n) is 6.58. The molecule has 0 bridgehead atoms. The summed E-state index contributed by atoms with van der Waals surface area (Å²) in [5.41, 5.74) is 0. The average molecular weight is 326 g/mol. The van der Waals surface area contributed by atoms with Crippen LogP contribution in [0.15, 0.2) is 24.3 Å². The van der Waals surface area contributed by atoms with Crippen molar-refractivity contribution >= 4 is 7.60 Å². The van der Waals surface area contributed by atoms with Crippen molar-refractivity contribution in [2.24, 2.45) is 11.8 Å². The Labute approximate surface area is 135 Å². The minimum atomic E-state index is -2.92. The third kappa shape index (κ3) is 6.40. The Balaban J connectivity index is 1.80. The molecule has 0 fully saturated rings. The van der Waals surface area contributed by atoms with E-state index in [4.69, 9.17) is 9.05 Å². The van der Waals surface area contributed by atoms with Crippen molar-refractivity contribution in [1.82, 2.24) is 0 Å². The van der Waals surface area contributed by atoms with Gasteiger partial charge < -0.3 is 9.05 Å². The van der Waals surface area contributed by atoms with E-state index in [0.29, 0.717) is 31.2 Å². The van der Waals surface area contributed by atoms with Gasteiger partial charge in [-0.1, -0.05) is 37.6 Å². The maximum atomic E-state index is 13.0. The van der Waals surface area contributed by atoms with Crippen molar-refractivity contribution in [1.29, 1.82) is 0 Å². The molecule has 3 nitrogen and oxygen atoms in total. The average Bonchev–Trinajstić information content (AvgIpc) is 2.59. The fraction of sp³-hybridized carbons (Fsp3) is 0.778. The van der Waals surface area contributed by atoms with Crippen LogP contribution in [0, 0.1) is 11.8 Å². The van der Waals surface area contributed by atoms with Crippen LogP contribution < -0.4 is 0 Å². The first-order valence-corrected chi connectivity index (χ1v) is 10.6. The van der Waals surface area contributed by atoms with Gasteiger partial charge in [-0.2, -0.15) is 0 Å². The van der Waals surface area contributed by atoms with Gasteiger partial charge in [0.2, 0.25) is 0 Å². The third-order valence-electron chi connectivity index (χ3n) is 4.55. The molecule has 0 spiro atoms. The first kappa shape index (κ1) is 18.0. The lowest BCUT2D eigenvalue weighted by Gasteiger charge is -2.25. The Morgan fingerprint density at radius 2 is 1.50 bits per heavy atom. The second-order valence-corrected chi connectivity index (χ2v) is 8.77. The van der Waals surface area contributed by atoms with Crippen molar-refractivity contribution in [3.8, 4) is 0 Å². The van der Waals surface area contributed by atoms with Crippen LogP contribution in [0.4, 0.5) is 0 Å². The standard InChI is InChI=1S/C18H31O3P/c1-2-3-14-22(19,20-15-17-10-6-4-7-11-17)21-16-18-12-8-5-9-13-18/h4-6,8,17-18H,2-3,7,9-16H2,1H3. The molecule has 2 rings (SSSR count). The lowest BCUT2D eigenvalue weighted by molar-refractivity contribution is 0.154. The summed E-state index contributed by atoms with van der Waals surface area (Å²) in [7, 11) is -2.92. The maximum Gasteiger partial charge on any atom is 0.330 e. The molecule has 0 aromatic heterocycles. The van der Waals surface area contributed by atoms with Gasteiger partial charge in [-0.15, -0.1) is 0 Å². The van der Waals surface area contributed by atoms with E-state index in [1.54, 1.807) is 0 Å². The Morgan fingerprint density at radius 1 is 0.955 bits per heavy atom. The Morgan fingerprint density at radius 3 is 1.91 bits per heavy atom. The van der Waals surface area contributed by atoms with Crippen LogP contribution in [0.1, 0.15) is 58.3 Å². The highest BCUT2D eigenvalue weighted by atomic mass is 31.2. The lowest BCUT2D eigenvalue weighted by Crippen LogP contribution is -2.15. The van der Waals surface area contributed by atoms with Gasteiger partial charge >= 0.3 is 7.60 Å². The molecule has 0 radical (unpaired) electrons.